The van der Waals surface area contributed by atoms with Gasteiger partial charge in [-0.1, -0.05) is 60.7 Å². The van der Waals surface area contributed by atoms with Crippen LogP contribution in [-0.2, 0) is 9.53 Å². The molecule has 0 unspecified atom stereocenters. The lowest BCUT2D eigenvalue weighted by molar-refractivity contribution is -0.141. The van der Waals surface area contributed by atoms with Crippen molar-refractivity contribution in [2.75, 3.05) is 18.1 Å². The predicted molar refractivity (Wildman–Crippen MR) is 121 cm³/mol. The fourth-order valence-electron chi connectivity index (χ4n) is 3.36. The molecule has 5 heteroatoms. The van der Waals surface area contributed by atoms with Crippen LogP contribution in [0.5, 0.6) is 0 Å². The third kappa shape index (κ3) is 5.66. The summed E-state index contributed by atoms with van der Waals surface area (Å²) in [5.74, 6) is 0.626. The van der Waals surface area contributed by atoms with Crippen LogP contribution in [0.2, 0.25) is 0 Å². The molecule has 1 heterocycles. The molecule has 0 saturated carbocycles. The van der Waals surface area contributed by atoms with Crippen molar-refractivity contribution < 1.29 is 9.53 Å². The van der Waals surface area contributed by atoms with E-state index in [-0.39, 0.29) is 12.0 Å². The molecule has 0 bridgehead atoms. The van der Waals surface area contributed by atoms with Gasteiger partial charge in [0.25, 0.3) is 0 Å². The van der Waals surface area contributed by atoms with Crippen molar-refractivity contribution in [1.29, 1.82) is 0 Å². The lowest BCUT2D eigenvalue weighted by atomic mass is 10.0. The van der Waals surface area contributed by atoms with Gasteiger partial charge in [0, 0.05) is 30.6 Å². The second-order valence-electron chi connectivity index (χ2n) is 7.49. The van der Waals surface area contributed by atoms with Crippen LogP contribution in [0.1, 0.15) is 33.6 Å². The quantitative estimate of drug-likeness (QED) is 0.355. The number of hydrogen-bond acceptors (Lipinski definition) is 5. The smallest absolute Gasteiger partial charge is 0.302 e. The number of unbranched alkanes of at least 4 members (excludes halogenated alkanes) is 1. The molecule has 30 heavy (non-hydrogen) atoms. The molecule has 3 rings (SSSR count). The van der Waals surface area contributed by atoms with Crippen molar-refractivity contribution in [3.8, 4) is 22.5 Å². The number of nitrogens with zero attached hydrogens (tertiary/aromatic N) is 3. The molecule has 156 valence electrons. The van der Waals surface area contributed by atoms with E-state index in [2.05, 4.69) is 43.0 Å². The Labute approximate surface area is 178 Å². The maximum Gasteiger partial charge on any atom is 0.302 e. The fourth-order valence-corrected chi connectivity index (χ4v) is 3.36. The Hall–Kier alpha value is -3.21. The van der Waals surface area contributed by atoms with Gasteiger partial charge in [0.15, 0.2) is 0 Å². The molecule has 0 amide bonds. The molecule has 0 N–H and O–H groups in total. The highest BCUT2D eigenvalue weighted by Crippen LogP contribution is 2.30. The molecule has 0 fully saturated rings. The maximum atomic E-state index is 10.9. The van der Waals surface area contributed by atoms with E-state index < -0.39 is 0 Å². The zero-order chi connectivity index (χ0) is 21.3. The van der Waals surface area contributed by atoms with Crippen molar-refractivity contribution in [3.05, 3.63) is 66.9 Å². The van der Waals surface area contributed by atoms with Crippen molar-refractivity contribution in [3.63, 3.8) is 0 Å². The standard InChI is InChI=1S/C25H29N3O2/c1-19(2)28(16-10-11-17-30-20(3)29)23-18-26-24(21-12-6-4-7-13-21)25(27-23)22-14-8-5-9-15-22/h4-9,12-15,18-19H,10-11,16-17H2,1-3H3. The van der Waals surface area contributed by atoms with Gasteiger partial charge in [-0.3, -0.25) is 9.78 Å². The van der Waals surface area contributed by atoms with Crippen molar-refractivity contribution in [2.45, 2.75) is 39.7 Å². The van der Waals surface area contributed by atoms with E-state index in [0.29, 0.717) is 6.61 Å². The van der Waals surface area contributed by atoms with E-state index in [1.165, 1.54) is 6.92 Å². The van der Waals surface area contributed by atoms with Crippen molar-refractivity contribution in [1.82, 2.24) is 9.97 Å². The number of esters is 1. The average molecular weight is 404 g/mol. The van der Waals surface area contributed by atoms with Crippen LogP contribution >= 0.6 is 0 Å². The molecule has 0 aliphatic carbocycles. The molecule has 5 nitrogen and oxygen atoms in total. The zero-order valence-corrected chi connectivity index (χ0v) is 17.9. The summed E-state index contributed by atoms with van der Waals surface area (Å²) in [7, 11) is 0. The van der Waals surface area contributed by atoms with Crippen LogP contribution in [0.15, 0.2) is 66.9 Å². The largest absolute Gasteiger partial charge is 0.466 e. The Balaban J connectivity index is 1.89. The van der Waals surface area contributed by atoms with E-state index in [1.807, 2.05) is 42.6 Å². The Bertz CT molecular complexity index is 943. The van der Waals surface area contributed by atoms with Gasteiger partial charge < -0.3 is 9.64 Å². The number of carbonyl (C=O) groups excluding carboxylic acids is 1. The number of benzene rings is 2. The minimum absolute atomic E-state index is 0.231. The maximum absolute atomic E-state index is 10.9. The summed E-state index contributed by atoms with van der Waals surface area (Å²) < 4.78 is 5.05. The normalized spacial score (nSPS) is 10.8. The number of hydrogen-bond donors (Lipinski definition) is 0. The van der Waals surface area contributed by atoms with Crippen LogP contribution < -0.4 is 4.90 Å². The molecular weight excluding hydrogens is 374 g/mol. The summed E-state index contributed by atoms with van der Waals surface area (Å²) in [5.41, 5.74) is 3.85. The minimum Gasteiger partial charge on any atom is -0.466 e. The number of ether oxygens (including phenoxy) is 1. The summed E-state index contributed by atoms with van der Waals surface area (Å²) in [5, 5.41) is 0. The highest BCUT2D eigenvalue weighted by atomic mass is 16.5. The van der Waals surface area contributed by atoms with Gasteiger partial charge in [-0.15, -0.1) is 0 Å². The van der Waals surface area contributed by atoms with Gasteiger partial charge in [0.2, 0.25) is 0 Å². The molecule has 0 aliphatic rings. The number of carbonyl (C=O) groups is 1. The zero-order valence-electron chi connectivity index (χ0n) is 17.9. The van der Waals surface area contributed by atoms with E-state index in [4.69, 9.17) is 14.7 Å². The van der Waals surface area contributed by atoms with E-state index in [1.54, 1.807) is 0 Å². The Morgan fingerprint density at radius 1 is 0.933 bits per heavy atom. The van der Waals surface area contributed by atoms with Gasteiger partial charge in [0.1, 0.15) is 5.82 Å². The molecule has 0 saturated heterocycles. The highest BCUT2D eigenvalue weighted by molar-refractivity contribution is 5.78. The van der Waals surface area contributed by atoms with E-state index in [9.17, 15) is 4.79 Å². The summed E-state index contributed by atoms with van der Waals surface area (Å²) in [4.78, 5) is 23.1. The first-order valence-electron chi connectivity index (χ1n) is 10.4. The first kappa shape index (κ1) is 21.5. The number of anilines is 1. The summed E-state index contributed by atoms with van der Waals surface area (Å²) >= 11 is 0. The topological polar surface area (TPSA) is 55.3 Å². The van der Waals surface area contributed by atoms with Crippen molar-refractivity contribution in [2.24, 2.45) is 0 Å². The monoisotopic (exact) mass is 403 g/mol. The lowest BCUT2D eigenvalue weighted by Crippen LogP contribution is -2.33. The third-order valence-electron chi connectivity index (χ3n) is 4.87. The van der Waals surface area contributed by atoms with Gasteiger partial charge in [-0.2, -0.15) is 0 Å². The highest BCUT2D eigenvalue weighted by Gasteiger charge is 2.17. The van der Waals surface area contributed by atoms with E-state index >= 15 is 0 Å². The summed E-state index contributed by atoms with van der Waals surface area (Å²) in [6.45, 7) is 7.03. The number of rotatable bonds is 9. The van der Waals surface area contributed by atoms with Crippen LogP contribution in [0, 0.1) is 0 Å². The molecular formula is C25H29N3O2. The molecule has 2 aromatic carbocycles. The molecule has 0 radical (unpaired) electrons. The minimum atomic E-state index is -0.231. The summed E-state index contributed by atoms with van der Waals surface area (Å²) in [6.07, 6.45) is 3.60. The number of aromatic nitrogens is 2. The van der Waals surface area contributed by atoms with Gasteiger partial charge in [0.05, 0.1) is 24.2 Å². The molecule has 1 aromatic heterocycles. The Morgan fingerprint density at radius 3 is 2.10 bits per heavy atom. The molecule has 0 atom stereocenters. The second kappa shape index (κ2) is 10.5. The first-order valence-corrected chi connectivity index (χ1v) is 10.4. The SMILES string of the molecule is CC(=O)OCCCCN(c1cnc(-c2ccccc2)c(-c2ccccc2)n1)C(C)C. The Morgan fingerprint density at radius 2 is 1.53 bits per heavy atom. The lowest BCUT2D eigenvalue weighted by Gasteiger charge is -2.28. The van der Waals surface area contributed by atoms with Gasteiger partial charge in [-0.05, 0) is 26.7 Å². The van der Waals surface area contributed by atoms with Crippen LogP contribution in [-0.4, -0.2) is 35.1 Å². The second-order valence-corrected chi connectivity index (χ2v) is 7.49. The van der Waals surface area contributed by atoms with Gasteiger partial charge >= 0.3 is 5.97 Å². The van der Waals surface area contributed by atoms with Crippen molar-refractivity contribution >= 4 is 11.8 Å². The molecule has 0 aliphatic heterocycles. The fraction of sp³-hybridized carbons (Fsp3) is 0.320. The molecule has 0 spiro atoms. The predicted octanol–water partition coefficient (Wildman–Crippen LogP) is 5.37. The van der Waals surface area contributed by atoms with E-state index in [0.717, 1.165) is 47.7 Å². The van der Waals surface area contributed by atoms with Crippen LogP contribution in [0.3, 0.4) is 0 Å². The van der Waals surface area contributed by atoms with Gasteiger partial charge in [-0.25, -0.2) is 4.98 Å². The molecule has 3 aromatic rings. The van der Waals surface area contributed by atoms with Crippen LogP contribution in [0.4, 0.5) is 5.82 Å². The average Bonchev–Trinajstić information content (AvgIpc) is 2.76. The first-order chi connectivity index (χ1) is 14.6. The Kier molecular flexibility index (Phi) is 7.55. The van der Waals surface area contributed by atoms with Crippen LogP contribution in [0.25, 0.3) is 22.5 Å². The third-order valence-corrected chi connectivity index (χ3v) is 4.87. The summed E-state index contributed by atoms with van der Waals surface area (Å²) in [6, 6.07) is 20.6.